The topological polar surface area (TPSA) is 67.4 Å². The number of amides is 2. The first-order chi connectivity index (χ1) is 10.6. The van der Waals surface area contributed by atoms with E-state index >= 15 is 0 Å². The third-order valence-electron chi connectivity index (χ3n) is 3.22. The van der Waals surface area contributed by atoms with Gasteiger partial charge in [-0.25, -0.2) is 4.39 Å². The van der Waals surface area contributed by atoms with Crippen LogP contribution < -0.4 is 15.4 Å². The molecular weight excluding hydrogens is 287 g/mol. The highest BCUT2D eigenvalue weighted by molar-refractivity contribution is 6.11. The Labute approximate surface area is 126 Å². The molecule has 112 valence electrons. The maximum absolute atomic E-state index is 13.1. The predicted molar refractivity (Wildman–Crippen MR) is 77.7 cm³/mol. The van der Waals surface area contributed by atoms with Gasteiger partial charge in [0.05, 0.1) is 5.69 Å². The number of carbonyl (C=O) groups is 2. The normalized spacial score (nSPS) is 16.2. The first-order valence-corrected chi connectivity index (χ1v) is 6.72. The van der Waals surface area contributed by atoms with Crippen LogP contribution in [0.4, 0.5) is 10.1 Å². The molecule has 5 nitrogen and oxygen atoms in total. The molecule has 0 spiro atoms. The van der Waals surface area contributed by atoms with Crippen LogP contribution in [-0.2, 0) is 16.1 Å². The lowest BCUT2D eigenvalue weighted by molar-refractivity contribution is -0.137. The van der Waals surface area contributed by atoms with Crippen LogP contribution in [0.15, 0.2) is 48.5 Å². The smallest absolute Gasteiger partial charge is 0.275 e. The Hall–Kier alpha value is -2.89. The predicted octanol–water partition coefficient (Wildman–Crippen LogP) is 1.84. The number of para-hydroxylation sites is 2. The van der Waals surface area contributed by atoms with Crippen molar-refractivity contribution in [3.63, 3.8) is 0 Å². The average molecular weight is 300 g/mol. The molecule has 1 heterocycles. The second kappa shape index (κ2) is 5.85. The van der Waals surface area contributed by atoms with Gasteiger partial charge in [0.15, 0.2) is 0 Å². The number of nitrogens with one attached hydrogen (secondary N) is 2. The number of carbonyl (C=O) groups excluding carboxylic acids is 2. The zero-order valence-corrected chi connectivity index (χ0v) is 11.5. The molecular formula is C16H13FN2O3. The fraction of sp³-hybridized carbons (Fsp3) is 0.125. The van der Waals surface area contributed by atoms with Gasteiger partial charge in [0.1, 0.15) is 11.6 Å². The largest absolute Gasteiger partial charge is 0.468 e. The van der Waals surface area contributed by atoms with E-state index < -0.39 is 17.9 Å². The summed E-state index contributed by atoms with van der Waals surface area (Å²) in [5.41, 5.74) is 1.13. The van der Waals surface area contributed by atoms with Gasteiger partial charge in [0.25, 0.3) is 17.9 Å². The van der Waals surface area contributed by atoms with Crippen LogP contribution in [0.25, 0.3) is 0 Å². The molecule has 0 unspecified atom stereocenters. The molecule has 0 saturated heterocycles. The molecule has 2 aromatic carbocycles. The van der Waals surface area contributed by atoms with Crippen molar-refractivity contribution in [3.05, 3.63) is 59.9 Å². The fourth-order valence-electron chi connectivity index (χ4n) is 2.15. The third kappa shape index (κ3) is 2.90. The summed E-state index contributed by atoms with van der Waals surface area (Å²) in [4.78, 5) is 24.0. The van der Waals surface area contributed by atoms with Crippen molar-refractivity contribution in [2.75, 3.05) is 5.32 Å². The number of halogens is 1. The van der Waals surface area contributed by atoms with Gasteiger partial charge in [-0.05, 0) is 29.8 Å². The Morgan fingerprint density at radius 2 is 2.05 bits per heavy atom. The maximum Gasteiger partial charge on any atom is 0.275 e. The molecule has 2 amide bonds. The van der Waals surface area contributed by atoms with Crippen molar-refractivity contribution in [2.24, 2.45) is 0 Å². The molecule has 1 aliphatic heterocycles. The first kappa shape index (κ1) is 14.1. The highest BCUT2D eigenvalue weighted by Gasteiger charge is 2.33. The summed E-state index contributed by atoms with van der Waals surface area (Å²) in [6.07, 6.45) is -1.26. The van der Waals surface area contributed by atoms with Gasteiger partial charge in [-0.15, -0.1) is 0 Å². The van der Waals surface area contributed by atoms with Crippen molar-refractivity contribution in [2.45, 2.75) is 12.6 Å². The van der Waals surface area contributed by atoms with Gasteiger partial charge in [-0.2, -0.15) is 0 Å². The van der Waals surface area contributed by atoms with Crippen LogP contribution in [0.2, 0.25) is 0 Å². The molecule has 3 rings (SSSR count). The molecule has 2 N–H and O–H groups in total. The molecule has 6 heteroatoms. The van der Waals surface area contributed by atoms with Gasteiger partial charge in [0, 0.05) is 6.54 Å². The zero-order valence-electron chi connectivity index (χ0n) is 11.5. The molecule has 0 aromatic heterocycles. The number of ether oxygens (including phenoxy) is 1. The van der Waals surface area contributed by atoms with Crippen LogP contribution in [0.1, 0.15) is 5.56 Å². The number of benzene rings is 2. The van der Waals surface area contributed by atoms with Crippen LogP contribution in [0.3, 0.4) is 0 Å². The van der Waals surface area contributed by atoms with E-state index in [2.05, 4.69) is 10.6 Å². The van der Waals surface area contributed by atoms with Crippen molar-refractivity contribution in [1.29, 1.82) is 0 Å². The summed E-state index contributed by atoms with van der Waals surface area (Å²) in [6.45, 7) is 0.116. The second-order valence-electron chi connectivity index (χ2n) is 4.83. The van der Waals surface area contributed by atoms with Gasteiger partial charge < -0.3 is 15.4 Å². The molecule has 1 atom stereocenters. The number of hydrogen-bond donors (Lipinski definition) is 2. The lowest BCUT2D eigenvalue weighted by Crippen LogP contribution is -2.48. The maximum atomic E-state index is 13.1. The summed E-state index contributed by atoms with van der Waals surface area (Å²) in [6, 6.07) is 12.7. The molecule has 1 aliphatic rings. The summed E-state index contributed by atoms with van der Waals surface area (Å²) in [7, 11) is 0. The zero-order chi connectivity index (χ0) is 15.5. The van der Waals surface area contributed by atoms with E-state index in [4.69, 9.17) is 4.74 Å². The quantitative estimate of drug-likeness (QED) is 0.850. The van der Waals surface area contributed by atoms with Crippen LogP contribution >= 0.6 is 0 Å². The van der Waals surface area contributed by atoms with Gasteiger partial charge in [-0.1, -0.05) is 24.3 Å². The Morgan fingerprint density at radius 1 is 1.23 bits per heavy atom. The standard InChI is InChI=1S/C16H13FN2O3/c17-11-5-3-4-10(8-11)9-18-15(20)14-16(21)19-12-6-1-2-7-13(12)22-14/h1-8,14H,9H2,(H,18,20)(H,19,21)/t14-/m1/s1. The minimum Gasteiger partial charge on any atom is -0.468 e. The van der Waals surface area contributed by atoms with Crippen LogP contribution in [0.5, 0.6) is 5.75 Å². The van der Waals surface area contributed by atoms with Gasteiger partial charge in [-0.3, -0.25) is 9.59 Å². The number of rotatable bonds is 3. The highest BCUT2D eigenvalue weighted by Crippen LogP contribution is 2.28. The van der Waals surface area contributed by atoms with E-state index in [1.165, 1.54) is 12.1 Å². The first-order valence-electron chi connectivity index (χ1n) is 6.72. The van der Waals surface area contributed by atoms with Crippen molar-refractivity contribution in [1.82, 2.24) is 5.32 Å². The average Bonchev–Trinajstić information content (AvgIpc) is 2.52. The summed E-state index contributed by atoms with van der Waals surface area (Å²) in [5.74, 6) is -1.05. The van der Waals surface area contributed by atoms with E-state index in [1.54, 1.807) is 36.4 Å². The van der Waals surface area contributed by atoms with Crippen molar-refractivity contribution < 1.29 is 18.7 Å². The number of hydrogen-bond acceptors (Lipinski definition) is 3. The highest BCUT2D eigenvalue weighted by atomic mass is 19.1. The van der Waals surface area contributed by atoms with E-state index in [0.29, 0.717) is 17.0 Å². The summed E-state index contributed by atoms with van der Waals surface area (Å²) >= 11 is 0. The fourth-order valence-corrected chi connectivity index (χ4v) is 2.15. The Bertz CT molecular complexity index is 733. The van der Waals surface area contributed by atoms with Gasteiger partial charge >= 0.3 is 0 Å². The Morgan fingerprint density at radius 3 is 2.86 bits per heavy atom. The summed E-state index contributed by atoms with van der Waals surface area (Å²) < 4.78 is 18.5. The van der Waals surface area contributed by atoms with Gasteiger partial charge in [0.2, 0.25) is 0 Å². The summed E-state index contributed by atoms with van der Waals surface area (Å²) in [5, 5.41) is 5.18. The minimum absolute atomic E-state index is 0.116. The number of fused-ring (bicyclic) bond motifs is 1. The lowest BCUT2D eigenvalue weighted by Gasteiger charge is -2.24. The Kier molecular flexibility index (Phi) is 3.74. The van der Waals surface area contributed by atoms with E-state index in [-0.39, 0.29) is 12.4 Å². The molecule has 0 aliphatic carbocycles. The third-order valence-corrected chi connectivity index (χ3v) is 3.22. The van der Waals surface area contributed by atoms with Crippen LogP contribution in [0, 0.1) is 5.82 Å². The molecule has 0 fully saturated rings. The van der Waals surface area contributed by atoms with E-state index in [9.17, 15) is 14.0 Å². The van der Waals surface area contributed by atoms with Crippen LogP contribution in [-0.4, -0.2) is 17.9 Å². The SMILES string of the molecule is O=C(NCc1cccc(F)c1)[C@H]1Oc2ccccc2NC1=O. The molecule has 0 bridgehead atoms. The molecule has 2 aromatic rings. The van der Waals surface area contributed by atoms with E-state index in [0.717, 1.165) is 0 Å². The second-order valence-corrected chi connectivity index (χ2v) is 4.83. The molecule has 0 radical (unpaired) electrons. The van der Waals surface area contributed by atoms with Crippen molar-refractivity contribution in [3.8, 4) is 5.75 Å². The Balaban J connectivity index is 1.67. The number of anilines is 1. The molecule has 22 heavy (non-hydrogen) atoms. The monoisotopic (exact) mass is 300 g/mol. The molecule has 0 saturated carbocycles. The lowest BCUT2D eigenvalue weighted by atomic mass is 10.2. The van der Waals surface area contributed by atoms with E-state index in [1.807, 2.05) is 0 Å². The minimum atomic E-state index is -1.26. The van der Waals surface area contributed by atoms with Crippen molar-refractivity contribution >= 4 is 17.5 Å².